The predicted molar refractivity (Wildman–Crippen MR) is 82.6 cm³/mol. The van der Waals surface area contributed by atoms with Gasteiger partial charge in [-0.25, -0.2) is 0 Å². The van der Waals surface area contributed by atoms with Gasteiger partial charge in [-0.1, -0.05) is 69.2 Å². The number of hydrogen-bond acceptors (Lipinski definition) is 0. The van der Waals surface area contributed by atoms with Crippen molar-refractivity contribution in [2.24, 2.45) is 39.9 Å². The molecule has 0 heterocycles. The molecule has 0 aliphatic heterocycles. The Morgan fingerprint density at radius 2 is 1.33 bits per heavy atom. The minimum atomic E-state index is 0.379. The van der Waals surface area contributed by atoms with E-state index in [2.05, 4.69) is 69.2 Å². The lowest BCUT2D eigenvalue weighted by Crippen LogP contribution is -2.53. The van der Waals surface area contributed by atoms with Crippen molar-refractivity contribution in [1.82, 2.24) is 0 Å². The quantitative estimate of drug-likeness (QED) is 0.576. The Morgan fingerprint density at radius 3 is 1.61 bits per heavy atom. The zero-order valence-electron chi connectivity index (χ0n) is 14.5. The van der Waals surface area contributed by atoms with Crippen LogP contribution in [0.5, 0.6) is 0 Å². The molecule has 0 aromatic heterocycles. The van der Waals surface area contributed by atoms with Gasteiger partial charge in [0.05, 0.1) is 0 Å². The van der Waals surface area contributed by atoms with Crippen LogP contribution in [0.25, 0.3) is 0 Å². The monoisotopic (exact) mass is 252 g/mol. The van der Waals surface area contributed by atoms with Crippen molar-refractivity contribution in [3.8, 4) is 0 Å². The van der Waals surface area contributed by atoms with E-state index in [4.69, 9.17) is 0 Å². The molecular weight excluding hydrogens is 216 g/mol. The molecule has 0 aromatic carbocycles. The van der Waals surface area contributed by atoms with E-state index < -0.39 is 0 Å². The average Bonchev–Trinajstić information content (AvgIpc) is 2.22. The van der Waals surface area contributed by atoms with Gasteiger partial charge in [-0.15, -0.1) is 0 Å². The van der Waals surface area contributed by atoms with Crippen molar-refractivity contribution < 1.29 is 0 Å². The number of rotatable bonds is 3. The van der Waals surface area contributed by atoms with Gasteiger partial charge in [0.2, 0.25) is 0 Å². The fraction of sp³-hybridized carbons (Fsp3) is 1.00. The first-order valence-corrected chi connectivity index (χ1v) is 7.83. The van der Waals surface area contributed by atoms with Gasteiger partial charge in [0.15, 0.2) is 0 Å². The van der Waals surface area contributed by atoms with Crippen LogP contribution in [-0.4, -0.2) is 0 Å². The third kappa shape index (κ3) is 2.37. The van der Waals surface area contributed by atoms with Crippen LogP contribution in [0, 0.1) is 39.9 Å². The lowest BCUT2D eigenvalue weighted by molar-refractivity contribution is -0.111. The standard InChI is InChI=1S/C18H36/c1-12-11-15(13(12)2)18(9,10)17(7,8)14(3)16(4,5)6/h12-15H,11H2,1-10H3. The van der Waals surface area contributed by atoms with E-state index in [-0.39, 0.29) is 0 Å². The maximum atomic E-state index is 2.52. The molecule has 0 nitrogen and oxygen atoms in total. The third-order valence-corrected chi connectivity index (χ3v) is 7.13. The summed E-state index contributed by atoms with van der Waals surface area (Å²) in [5.74, 6) is 3.44. The summed E-state index contributed by atoms with van der Waals surface area (Å²) in [4.78, 5) is 0. The van der Waals surface area contributed by atoms with Gasteiger partial charge in [-0.05, 0) is 46.3 Å². The summed E-state index contributed by atoms with van der Waals surface area (Å²) in [6.07, 6.45) is 1.43. The molecular formula is C18H36. The molecule has 0 aromatic rings. The molecule has 108 valence electrons. The Labute approximate surface area is 116 Å². The van der Waals surface area contributed by atoms with Crippen LogP contribution in [0.15, 0.2) is 0 Å². The van der Waals surface area contributed by atoms with Gasteiger partial charge in [0, 0.05) is 0 Å². The molecule has 0 N–H and O–H groups in total. The maximum Gasteiger partial charge on any atom is -0.0269 e. The molecule has 1 rings (SSSR count). The first-order valence-electron chi connectivity index (χ1n) is 7.83. The second-order valence-corrected chi connectivity index (χ2v) is 9.21. The second kappa shape index (κ2) is 4.53. The van der Waals surface area contributed by atoms with Gasteiger partial charge in [0.25, 0.3) is 0 Å². The molecule has 0 spiro atoms. The predicted octanol–water partition coefficient (Wildman–Crippen LogP) is 6.01. The van der Waals surface area contributed by atoms with Crippen LogP contribution in [-0.2, 0) is 0 Å². The fourth-order valence-electron chi connectivity index (χ4n) is 4.10. The lowest BCUT2D eigenvalue weighted by Gasteiger charge is -2.60. The minimum Gasteiger partial charge on any atom is -0.0622 e. The summed E-state index contributed by atoms with van der Waals surface area (Å²) < 4.78 is 0. The van der Waals surface area contributed by atoms with Gasteiger partial charge >= 0.3 is 0 Å². The summed E-state index contributed by atoms with van der Waals surface area (Å²) in [6, 6.07) is 0. The Hall–Kier alpha value is 0. The molecule has 0 amide bonds. The molecule has 0 radical (unpaired) electrons. The van der Waals surface area contributed by atoms with Crippen molar-refractivity contribution in [2.45, 2.75) is 75.7 Å². The van der Waals surface area contributed by atoms with E-state index in [0.717, 1.165) is 23.7 Å². The van der Waals surface area contributed by atoms with Crippen LogP contribution >= 0.6 is 0 Å². The summed E-state index contributed by atoms with van der Waals surface area (Å²) in [6.45, 7) is 24.5. The first-order chi connectivity index (χ1) is 7.83. The molecule has 0 saturated heterocycles. The van der Waals surface area contributed by atoms with Gasteiger partial charge < -0.3 is 0 Å². The molecule has 4 atom stereocenters. The minimum absolute atomic E-state index is 0.379. The highest BCUT2D eigenvalue weighted by Crippen LogP contribution is 2.60. The molecule has 1 aliphatic rings. The fourth-order valence-corrected chi connectivity index (χ4v) is 4.10. The van der Waals surface area contributed by atoms with E-state index in [1.807, 2.05) is 0 Å². The normalized spacial score (nSPS) is 32.0. The van der Waals surface area contributed by atoms with Gasteiger partial charge in [0.1, 0.15) is 0 Å². The van der Waals surface area contributed by atoms with Crippen molar-refractivity contribution in [3.05, 3.63) is 0 Å². The zero-order valence-corrected chi connectivity index (χ0v) is 14.5. The highest BCUT2D eigenvalue weighted by molar-refractivity contribution is 5.02. The Bertz CT molecular complexity index is 290. The lowest BCUT2D eigenvalue weighted by atomic mass is 9.45. The molecule has 4 unspecified atom stereocenters. The van der Waals surface area contributed by atoms with Crippen LogP contribution in [0.2, 0.25) is 0 Å². The van der Waals surface area contributed by atoms with E-state index >= 15 is 0 Å². The Balaban J connectivity index is 2.96. The van der Waals surface area contributed by atoms with Crippen molar-refractivity contribution >= 4 is 0 Å². The molecule has 1 aliphatic carbocycles. The first kappa shape index (κ1) is 16.1. The average molecular weight is 252 g/mol. The summed E-state index contributed by atoms with van der Waals surface area (Å²) in [7, 11) is 0. The summed E-state index contributed by atoms with van der Waals surface area (Å²) in [5, 5.41) is 0. The highest BCUT2D eigenvalue weighted by atomic mass is 14.6. The van der Waals surface area contributed by atoms with E-state index in [9.17, 15) is 0 Å². The second-order valence-electron chi connectivity index (χ2n) is 9.21. The van der Waals surface area contributed by atoms with Crippen LogP contribution in [0.3, 0.4) is 0 Å². The summed E-state index contributed by atoms with van der Waals surface area (Å²) in [5.41, 5.74) is 1.19. The molecule has 0 bridgehead atoms. The van der Waals surface area contributed by atoms with Gasteiger partial charge in [-0.3, -0.25) is 0 Å². The van der Waals surface area contributed by atoms with E-state index in [1.165, 1.54) is 6.42 Å². The topological polar surface area (TPSA) is 0 Å². The SMILES string of the molecule is CC1CC(C(C)(C)C(C)(C)C(C)C(C)(C)C)C1C. The van der Waals surface area contributed by atoms with Crippen LogP contribution in [0.4, 0.5) is 0 Å². The van der Waals surface area contributed by atoms with Crippen LogP contribution in [0.1, 0.15) is 75.7 Å². The third-order valence-electron chi connectivity index (χ3n) is 7.13. The van der Waals surface area contributed by atoms with E-state index in [0.29, 0.717) is 16.2 Å². The van der Waals surface area contributed by atoms with Crippen molar-refractivity contribution in [3.63, 3.8) is 0 Å². The summed E-state index contributed by atoms with van der Waals surface area (Å²) >= 11 is 0. The van der Waals surface area contributed by atoms with Crippen molar-refractivity contribution in [2.75, 3.05) is 0 Å². The van der Waals surface area contributed by atoms with Gasteiger partial charge in [-0.2, -0.15) is 0 Å². The Morgan fingerprint density at radius 1 is 0.889 bits per heavy atom. The van der Waals surface area contributed by atoms with Crippen LogP contribution < -0.4 is 0 Å². The highest BCUT2D eigenvalue weighted by Gasteiger charge is 2.53. The maximum absolute atomic E-state index is 2.52. The smallest absolute Gasteiger partial charge is 0.0269 e. The molecule has 18 heavy (non-hydrogen) atoms. The number of hydrogen-bond donors (Lipinski definition) is 0. The molecule has 1 fully saturated rings. The van der Waals surface area contributed by atoms with Crippen molar-refractivity contribution in [1.29, 1.82) is 0 Å². The zero-order chi connectivity index (χ0) is 14.5. The Kier molecular flexibility index (Phi) is 4.04. The largest absolute Gasteiger partial charge is 0.0622 e. The van der Waals surface area contributed by atoms with E-state index in [1.54, 1.807) is 0 Å². The molecule has 1 saturated carbocycles. The molecule has 0 heteroatoms.